The molecule has 0 unspecified atom stereocenters. The highest BCUT2D eigenvalue weighted by Crippen LogP contribution is 2.52. The fourth-order valence-electron chi connectivity index (χ4n) is 6.18. The van der Waals surface area contributed by atoms with Gasteiger partial charge in [-0.05, 0) is 44.7 Å². The Balaban J connectivity index is 1.20. The summed E-state index contributed by atoms with van der Waals surface area (Å²) in [6.45, 7) is 8.38. The Morgan fingerprint density at radius 3 is 2.13 bits per heavy atom. The minimum absolute atomic E-state index is 0.0765. The van der Waals surface area contributed by atoms with Crippen molar-refractivity contribution in [3.63, 3.8) is 0 Å². The van der Waals surface area contributed by atoms with Gasteiger partial charge in [0, 0.05) is 43.2 Å². The van der Waals surface area contributed by atoms with Crippen LogP contribution in [0.2, 0.25) is 0 Å². The van der Waals surface area contributed by atoms with Crippen LogP contribution >= 0.6 is 0 Å². The van der Waals surface area contributed by atoms with Crippen molar-refractivity contribution in [3.8, 4) is 0 Å². The van der Waals surface area contributed by atoms with Gasteiger partial charge in [0.2, 0.25) is 5.91 Å². The number of carbonyl (C=O) groups is 2. The molecule has 0 bridgehead atoms. The van der Waals surface area contributed by atoms with Crippen molar-refractivity contribution in [2.24, 2.45) is 5.41 Å². The molecule has 0 radical (unpaired) electrons. The minimum atomic E-state index is -0.500. The van der Waals surface area contributed by atoms with Crippen molar-refractivity contribution in [2.45, 2.75) is 64.8 Å². The Morgan fingerprint density at radius 2 is 1.56 bits per heavy atom. The van der Waals surface area contributed by atoms with Crippen LogP contribution in [0.25, 0.3) is 0 Å². The maximum Gasteiger partial charge on any atom is 0.410 e. The number of hydrogen-bond acceptors (Lipinski definition) is 6. The molecule has 1 aromatic heterocycles. The predicted octanol–water partition coefficient (Wildman–Crippen LogP) is 4.97. The predicted molar refractivity (Wildman–Crippen MR) is 149 cm³/mol. The van der Waals surface area contributed by atoms with Crippen molar-refractivity contribution in [3.05, 3.63) is 83.7 Å². The van der Waals surface area contributed by atoms with Crippen molar-refractivity contribution >= 4 is 23.6 Å². The average molecular weight is 526 g/mol. The first-order valence-corrected chi connectivity index (χ1v) is 13.7. The maximum atomic E-state index is 13.4. The fourth-order valence-corrected chi connectivity index (χ4v) is 6.18. The Morgan fingerprint density at radius 1 is 0.974 bits per heavy atom. The lowest BCUT2D eigenvalue weighted by Gasteiger charge is -2.60. The Kier molecular flexibility index (Phi) is 6.28. The molecular formula is C31H35N5O3. The molecule has 202 valence electrons. The van der Waals surface area contributed by atoms with Crippen LogP contribution in [0.1, 0.15) is 50.3 Å². The number of aromatic nitrogens is 2. The van der Waals surface area contributed by atoms with Crippen LogP contribution in [0.15, 0.2) is 67.0 Å². The molecule has 3 aliphatic rings. The number of hydrogen-bond donors (Lipinski definition) is 0. The number of likely N-dealkylation sites (tertiary alicyclic amines) is 1. The highest BCUT2D eigenvalue weighted by atomic mass is 16.6. The zero-order valence-corrected chi connectivity index (χ0v) is 22.8. The van der Waals surface area contributed by atoms with Gasteiger partial charge in [-0.25, -0.2) is 14.8 Å². The lowest BCUT2D eigenvalue weighted by molar-refractivity contribution is -0.121. The largest absolute Gasteiger partial charge is 0.444 e. The first-order chi connectivity index (χ1) is 18.7. The molecule has 3 aromatic rings. The van der Waals surface area contributed by atoms with E-state index in [4.69, 9.17) is 9.72 Å². The van der Waals surface area contributed by atoms with E-state index in [9.17, 15) is 9.59 Å². The first kappa shape index (κ1) is 25.3. The van der Waals surface area contributed by atoms with E-state index in [1.54, 1.807) is 11.2 Å². The summed E-state index contributed by atoms with van der Waals surface area (Å²) in [5.74, 6) is 1.63. The molecule has 1 spiro atoms. The average Bonchev–Trinajstić information content (AvgIpc) is 3.18. The van der Waals surface area contributed by atoms with Gasteiger partial charge in [0.05, 0.1) is 6.42 Å². The topological polar surface area (TPSA) is 78.9 Å². The van der Waals surface area contributed by atoms with Gasteiger partial charge in [-0.3, -0.25) is 9.69 Å². The van der Waals surface area contributed by atoms with E-state index in [-0.39, 0.29) is 23.5 Å². The van der Waals surface area contributed by atoms with Gasteiger partial charge in [0.25, 0.3) is 0 Å². The van der Waals surface area contributed by atoms with Crippen molar-refractivity contribution in [1.29, 1.82) is 0 Å². The van der Waals surface area contributed by atoms with Crippen molar-refractivity contribution < 1.29 is 14.3 Å². The van der Waals surface area contributed by atoms with Crippen LogP contribution in [0.5, 0.6) is 0 Å². The summed E-state index contributed by atoms with van der Waals surface area (Å²) in [7, 11) is 0. The number of amides is 2. The van der Waals surface area contributed by atoms with Crippen LogP contribution < -0.4 is 9.80 Å². The molecule has 1 saturated heterocycles. The summed E-state index contributed by atoms with van der Waals surface area (Å²) < 4.78 is 5.52. The molecule has 2 amide bonds. The molecule has 0 N–H and O–H groups in total. The number of nitrogens with zero attached hydrogens (tertiary/aromatic N) is 5. The summed E-state index contributed by atoms with van der Waals surface area (Å²) in [6, 6.07) is 20.8. The SMILES string of the molecule is CC(C)(C)OC(=O)N1CC2(CC(N3C(=O)Cc4c(N(Cc5ccccc5)Cc5ccccc5)ncnc43)C2)C1. The van der Waals surface area contributed by atoms with Crippen LogP contribution in [0.4, 0.5) is 16.4 Å². The second-order valence-corrected chi connectivity index (χ2v) is 12.2. The van der Waals surface area contributed by atoms with Gasteiger partial charge >= 0.3 is 6.09 Å². The quantitative estimate of drug-likeness (QED) is 0.452. The van der Waals surface area contributed by atoms with Crippen molar-refractivity contribution in [2.75, 3.05) is 22.9 Å². The van der Waals surface area contributed by atoms with E-state index in [1.165, 1.54) is 11.1 Å². The van der Waals surface area contributed by atoms with Gasteiger partial charge in [0.15, 0.2) is 0 Å². The molecule has 8 heteroatoms. The van der Waals surface area contributed by atoms with Crippen LogP contribution in [0.3, 0.4) is 0 Å². The minimum Gasteiger partial charge on any atom is -0.444 e. The third kappa shape index (κ3) is 5.07. The second kappa shape index (κ2) is 9.67. The lowest BCUT2D eigenvalue weighted by atomic mass is 9.60. The fraction of sp³-hybridized carbons (Fsp3) is 0.419. The summed E-state index contributed by atoms with van der Waals surface area (Å²) in [5.41, 5.74) is 2.84. The lowest BCUT2D eigenvalue weighted by Crippen LogP contribution is -2.68. The molecule has 3 heterocycles. The molecule has 1 saturated carbocycles. The zero-order chi connectivity index (χ0) is 27.2. The summed E-state index contributed by atoms with van der Waals surface area (Å²) >= 11 is 0. The molecule has 6 rings (SSSR count). The molecular weight excluding hydrogens is 490 g/mol. The Hall–Kier alpha value is -3.94. The monoisotopic (exact) mass is 525 g/mol. The van der Waals surface area contributed by atoms with Gasteiger partial charge in [-0.1, -0.05) is 60.7 Å². The van der Waals surface area contributed by atoms with Gasteiger partial charge in [-0.2, -0.15) is 0 Å². The first-order valence-electron chi connectivity index (χ1n) is 13.7. The Bertz CT molecular complexity index is 1320. The number of ether oxygens (including phenoxy) is 1. The molecule has 8 nitrogen and oxygen atoms in total. The summed E-state index contributed by atoms with van der Waals surface area (Å²) in [4.78, 5) is 41.0. The van der Waals surface area contributed by atoms with Crippen LogP contribution in [-0.4, -0.2) is 51.6 Å². The molecule has 1 aliphatic carbocycles. The molecule has 2 aromatic carbocycles. The van der Waals surface area contributed by atoms with Crippen LogP contribution in [-0.2, 0) is 29.0 Å². The summed E-state index contributed by atoms with van der Waals surface area (Å²) in [6.07, 6.45) is 3.38. The van der Waals surface area contributed by atoms with Gasteiger partial charge < -0.3 is 14.5 Å². The molecule has 0 atom stereocenters. The maximum absolute atomic E-state index is 13.4. The third-order valence-corrected chi connectivity index (χ3v) is 7.86. The Labute approximate surface area is 229 Å². The number of benzene rings is 2. The van der Waals surface area contributed by atoms with Gasteiger partial charge in [0.1, 0.15) is 23.6 Å². The molecule has 39 heavy (non-hydrogen) atoms. The smallest absolute Gasteiger partial charge is 0.410 e. The van der Waals surface area contributed by atoms with E-state index >= 15 is 0 Å². The highest BCUT2D eigenvalue weighted by molar-refractivity contribution is 6.02. The van der Waals surface area contributed by atoms with E-state index in [0.717, 1.165) is 30.0 Å². The van der Waals surface area contributed by atoms with E-state index < -0.39 is 5.60 Å². The molecule has 2 fully saturated rings. The van der Waals surface area contributed by atoms with Crippen LogP contribution in [0, 0.1) is 5.41 Å². The zero-order valence-electron chi connectivity index (χ0n) is 22.8. The highest BCUT2D eigenvalue weighted by Gasteiger charge is 2.57. The van der Waals surface area contributed by atoms with E-state index in [0.29, 0.717) is 32.6 Å². The third-order valence-electron chi connectivity index (χ3n) is 7.86. The second-order valence-electron chi connectivity index (χ2n) is 12.2. The number of fused-ring (bicyclic) bond motifs is 1. The standard InChI is InChI=1S/C31H35N5O3/c1-30(2,3)39-29(38)35-19-31(20-35)15-24(16-31)36-26(37)14-25-27(32-21-33-28(25)36)34(17-22-10-6-4-7-11-22)18-23-12-8-5-9-13-23/h4-13,21,24H,14-20H2,1-3H3. The van der Waals surface area contributed by atoms with Gasteiger partial charge in [-0.15, -0.1) is 0 Å². The summed E-state index contributed by atoms with van der Waals surface area (Å²) in [5, 5.41) is 0. The van der Waals surface area contributed by atoms with E-state index in [1.807, 2.05) is 62.1 Å². The number of rotatable bonds is 6. The van der Waals surface area contributed by atoms with E-state index in [2.05, 4.69) is 34.1 Å². The normalized spacial score (nSPS) is 18.0. The number of anilines is 2. The molecule has 2 aliphatic heterocycles. The van der Waals surface area contributed by atoms with Crippen molar-refractivity contribution in [1.82, 2.24) is 14.9 Å². The number of carbonyl (C=O) groups excluding carboxylic acids is 2.